The first kappa shape index (κ1) is 20.6. The standard InChI is InChI=1S/C21H26N4O4/c1-2-16(12-20(27)28)23-19(26)14-25(18-5-6-18)21(29)15-4-3-11-24(13-15)17-7-9-22-10-8-17/h1,7-10,15-16,18H,3-6,11-14H2,(H,23,26)(H,27,28)/t15?,16-/m1/s1. The molecule has 8 heteroatoms. The normalized spacial score (nSPS) is 19.7. The molecule has 2 atom stereocenters. The van der Waals surface area contributed by atoms with Gasteiger partial charge in [0.1, 0.15) is 6.04 Å². The van der Waals surface area contributed by atoms with Gasteiger partial charge in [-0.25, -0.2) is 0 Å². The van der Waals surface area contributed by atoms with Gasteiger partial charge in [-0.1, -0.05) is 5.92 Å². The summed E-state index contributed by atoms with van der Waals surface area (Å²) in [6, 6.07) is 3.06. The zero-order chi connectivity index (χ0) is 20.8. The van der Waals surface area contributed by atoms with E-state index in [0.29, 0.717) is 6.54 Å². The zero-order valence-electron chi connectivity index (χ0n) is 16.3. The van der Waals surface area contributed by atoms with Gasteiger partial charge in [-0.3, -0.25) is 19.4 Å². The van der Waals surface area contributed by atoms with Crippen LogP contribution in [0.2, 0.25) is 0 Å². The van der Waals surface area contributed by atoms with Crippen molar-refractivity contribution in [3.8, 4) is 12.3 Å². The SMILES string of the molecule is C#C[C@H](CC(=O)O)NC(=O)CN(C(=O)C1CCCN(c2ccncc2)C1)C1CC1. The van der Waals surface area contributed by atoms with Crippen LogP contribution in [0.25, 0.3) is 0 Å². The van der Waals surface area contributed by atoms with E-state index in [1.807, 2.05) is 12.1 Å². The van der Waals surface area contributed by atoms with Crippen LogP contribution < -0.4 is 10.2 Å². The van der Waals surface area contributed by atoms with Crippen molar-refractivity contribution in [3.63, 3.8) is 0 Å². The number of carbonyl (C=O) groups is 3. The number of pyridine rings is 1. The maximum atomic E-state index is 13.2. The van der Waals surface area contributed by atoms with Gasteiger partial charge in [0.25, 0.3) is 0 Å². The van der Waals surface area contributed by atoms with Crippen LogP contribution in [0.4, 0.5) is 5.69 Å². The summed E-state index contributed by atoms with van der Waals surface area (Å²) in [5, 5.41) is 11.4. The van der Waals surface area contributed by atoms with E-state index in [9.17, 15) is 14.4 Å². The van der Waals surface area contributed by atoms with E-state index in [2.05, 4.69) is 21.1 Å². The van der Waals surface area contributed by atoms with E-state index < -0.39 is 17.9 Å². The number of terminal acetylenes is 1. The molecule has 29 heavy (non-hydrogen) atoms. The molecule has 1 aliphatic carbocycles. The number of rotatable bonds is 8. The molecule has 1 saturated heterocycles. The largest absolute Gasteiger partial charge is 0.481 e. The van der Waals surface area contributed by atoms with Crippen molar-refractivity contribution in [1.29, 1.82) is 0 Å². The number of hydrogen-bond acceptors (Lipinski definition) is 5. The maximum Gasteiger partial charge on any atom is 0.306 e. The molecule has 2 amide bonds. The van der Waals surface area contributed by atoms with Crippen LogP contribution in [0, 0.1) is 18.3 Å². The molecule has 1 unspecified atom stereocenters. The van der Waals surface area contributed by atoms with Crippen LogP contribution in [0.15, 0.2) is 24.5 Å². The van der Waals surface area contributed by atoms with Gasteiger partial charge in [-0.2, -0.15) is 0 Å². The lowest BCUT2D eigenvalue weighted by Crippen LogP contribution is -2.50. The lowest BCUT2D eigenvalue weighted by Gasteiger charge is -2.36. The molecule has 1 aromatic rings. The molecule has 8 nitrogen and oxygen atoms in total. The number of nitrogens with zero attached hydrogens (tertiary/aromatic N) is 3. The molecule has 1 saturated carbocycles. The number of amides is 2. The van der Waals surface area contributed by atoms with Crippen LogP contribution in [0.5, 0.6) is 0 Å². The van der Waals surface area contributed by atoms with Gasteiger partial charge >= 0.3 is 5.97 Å². The van der Waals surface area contributed by atoms with E-state index in [4.69, 9.17) is 11.5 Å². The number of anilines is 1. The molecule has 0 radical (unpaired) electrons. The Hall–Kier alpha value is -3.08. The fraction of sp³-hybridized carbons (Fsp3) is 0.524. The van der Waals surface area contributed by atoms with Crippen LogP contribution in [0.3, 0.4) is 0 Å². The molecule has 2 fully saturated rings. The highest BCUT2D eigenvalue weighted by molar-refractivity contribution is 5.87. The maximum absolute atomic E-state index is 13.2. The second-order valence-electron chi connectivity index (χ2n) is 7.57. The highest BCUT2D eigenvalue weighted by Crippen LogP contribution is 2.31. The average Bonchev–Trinajstić information content (AvgIpc) is 3.56. The van der Waals surface area contributed by atoms with Gasteiger partial charge in [0.2, 0.25) is 11.8 Å². The topological polar surface area (TPSA) is 103 Å². The second-order valence-corrected chi connectivity index (χ2v) is 7.57. The van der Waals surface area contributed by atoms with Crippen molar-refractivity contribution in [3.05, 3.63) is 24.5 Å². The molecule has 1 aliphatic heterocycles. The third kappa shape index (κ3) is 5.70. The van der Waals surface area contributed by atoms with Crippen molar-refractivity contribution in [2.75, 3.05) is 24.5 Å². The quantitative estimate of drug-likeness (QED) is 0.631. The predicted molar refractivity (Wildman–Crippen MR) is 107 cm³/mol. The minimum absolute atomic E-state index is 0.0168. The molecule has 0 bridgehead atoms. The Balaban J connectivity index is 1.61. The van der Waals surface area contributed by atoms with Crippen molar-refractivity contribution >= 4 is 23.5 Å². The molecule has 0 spiro atoms. The van der Waals surface area contributed by atoms with Gasteiger partial charge < -0.3 is 20.2 Å². The number of hydrogen-bond donors (Lipinski definition) is 2. The summed E-state index contributed by atoms with van der Waals surface area (Å²) in [5.74, 6) is 0.579. The van der Waals surface area contributed by atoms with Crippen molar-refractivity contribution < 1.29 is 19.5 Å². The second kappa shape index (κ2) is 9.41. The Kier molecular flexibility index (Phi) is 6.70. The third-order valence-corrected chi connectivity index (χ3v) is 5.30. The van der Waals surface area contributed by atoms with Crippen molar-refractivity contribution in [2.24, 2.45) is 5.92 Å². The minimum atomic E-state index is -1.08. The summed E-state index contributed by atoms with van der Waals surface area (Å²) in [6.07, 6.45) is 11.9. The Morgan fingerprint density at radius 3 is 2.66 bits per heavy atom. The molecular weight excluding hydrogens is 372 g/mol. The van der Waals surface area contributed by atoms with E-state index in [1.54, 1.807) is 17.3 Å². The fourth-order valence-electron chi connectivity index (χ4n) is 3.70. The Morgan fingerprint density at radius 1 is 1.31 bits per heavy atom. The summed E-state index contributed by atoms with van der Waals surface area (Å²) in [7, 11) is 0. The van der Waals surface area contributed by atoms with Crippen LogP contribution in [0.1, 0.15) is 32.1 Å². The number of nitrogens with one attached hydrogen (secondary N) is 1. The molecule has 0 aromatic carbocycles. The molecule has 3 rings (SSSR count). The summed E-state index contributed by atoms with van der Waals surface area (Å²) < 4.78 is 0. The lowest BCUT2D eigenvalue weighted by molar-refractivity contribution is -0.141. The van der Waals surface area contributed by atoms with Crippen LogP contribution in [-0.4, -0.2) is 64.5 Å². The molecule has 2 N–H and O–H groups in total. The van der Waals surface area contributed by atoms with E-state index in [1.165, 1.54) is 0 Å². The molecule has 154 valence electrons. The van der Waals surface area contributed by atoms with Crippen molar-refractivity contribution in [1.82, 2.24) is 15.2 Å². The first-order valence-electron chi connectivity index (χ1n) is 9.90. The summed E-state index contributed by atoms with van der Waals surface area (Å²) >= 11 is 0. The third-order valence-electron chi connectivity index (χ3n) is 5.30. The van der Waals surface area contributed by atoms with Gasteiger partial charge in [0.05, 0.1) is 18.9 Å². The predicted octanol–water partition coefficient (Wildman–Crippen LogP) is 0.882. The van der Waals surface area contributed by atoms with E-state index >= 15 is 0 Å². The van der Waals surface area contributed by atoms with Gasteiger partial charge in [0.15, 0.2) is 0 Å². The van der Waals surface area contributed by atoms with E-state index in [0.717, 1.165) is 37.9 Å². The molecule has 2 heterocycles. The first-order valence-corrected chi connectivity index (χ1v) is 9.90. The first-order chi connectivity index (χ1) is 14.0. The Labute approximate surface area is 170 Å². The van der Waals surface area contributed by atoms with Crippen molar-refractivity contribution in [2.45, 2.75) is 44.2 Å². The molecule has 2 aliphatic rings. The van der Waals surface area contributed by atoms with Gasteiger partial charge in [-0.05, 0) is 37.8 Å². The number of piperidine rings is 1. The zero-order valence-corrected chi connectivity index (χ0v) is 16.3. The number of carboxylic acids is 1. The van der Waals surface area contributed by atoms with E-state index in [-0.39, 0.29) is 30.8 Å². The monoisotopic (exact) mass is 398 g/mol. The number of carboxylic acid groups (broad SMARTS) is 1. The average molecular weight is 398 g/mol. The smallest absolute Gasteiger partial charge is 0.306 e. The Bertz CT molecular complexity index is 788. The molecule has 1 aromatic heterocycles. The van der Waals surface area contributed by atoms with Crippen LogP contribution >= 0.6 is 0 Å². The van der Waals surface area contributed by atoms with Gasteiger partial charge in [-0.15, -0.1) is 6.42 Å². The Morgan fingerprint density at radius 2 is 2.03 bits per heavy atom. The minimum Gasteiger partial charge on any atom is -0.481 e. The lowest BCUT2D eigenvalue weighted by atomic mass is 9.96. The highest BCUT2D eigenvalue weighted by atomic mass is 16.4. The summed E-state index contributed by atoms with van der Waals surface area (Å²) in [6.45, 7) is 1.41. The fourth-order valence-corrected chi connectivity index (χ4v) is 3.70. The number of carbonyl (C=O) groups excluding carboxylic acids is 2. The highest BCUT2D eigenvalue weighted by Gasteiger charge is 2.38. The van der Waals surface area contributed by atoms with Crippen LogP contribution in [-0.2, 0) is 14.4 Å². The van der Waals surface area contributed by atoms with Gasteiger partial charge in [0, 0.05) is 37.2 Å². The number of aromatic nitrogens is 1. The summed E-state index contributed by atoms with van der Waals surface area (Å²) in [5.41, 5.74) is 1.04. The summed E-state index contributed by atoms with van der Waals surface area (Å²) in [4.78, 5) is 44.3. The number of aliphatic carboxylic acids is 1. The molecular formula is C21H26N4O4.